The van der Waals surface area contributed by atoms with Crippen LogP contribution in [-0.4, -0.2) is 10.8 Å². The van der Waals surface area contributed by atoms with Crippen LogP contribution in [0.2, 0.25) is 5.02 Å². The standard InChI is InChI=1S/C16H13ClN2O/c1-9-4-2-7-13-14(9)10(8-19-13)16(20)15-11(17)5-3-6-12(15)18/h2-8,19H,18H2,1H3. The van der Waals surface area contributed by atoms with Crippen molar-refractivity contribution in [3.8, 4) is 0 Å². The lowest BCUT2D eigenvalue weighted by molar-refractivity contribution is 0.104. The molecule has 0 amide bonds. The van der Waals surface area contributed by atoms with Crippen LogP contribution < -0.4 is 5.73 Å². The van der Waals surface area contributed by atoms with Gasteiger partial charge >= 0.3 is 0 Å². The zero-order valence-electron chi connectivity index (χ0n) is 10.9. The van der Waals surface area contributed by atoms with Crippen LogP contribution in [-0.2, 0) is 0 Å². The van der Waals surface area contributed by atoms with Gasteiger partial charge in [0.2, 0.25) is 0 Å². The fourth-order valence-electron chi connectivity index (χ4n) is 2.46. The lowest BCUT2D eigenvalue weighted by atomic mass is 9.99. The largest absolute Gasteiger partial charge is 0.398 e. The number of aryl methyl sites for hydroxylation is 1. The molecule has 0 saturated heterocycles. The van der Waals surface area contributed by atoms with Crippen LogP contribution >= 0.6 is 11.6 Å². The number of fused-ring (bicyclic) bond motifs is 1. The van der Waals surface area contributed by atoms with Crippen molar-refractivity contribution in [3.63, 3.8) is 0 Å². The number of halogens is 1. The van der Waals surface area contributed by atoms with Crippen molar-refractivity contribution in [1.29, 1.82) is 0 Å². The van der Waals surface area contributed by atoms with Crippen molar-refractivity contribution < 1.29 is 4.79 Å². The minimum atomic E-state index is -0.159. The van der Waals surface area contributed by atoms with E-state index < -0.39 is 0 Å². The number of hydrogen-bond donors (Lipinski definition) is 2. The molecule has 0 aliphatic carbocycles. The number of benzene rings is 2. The quantitative estimate of drug-likeness (QED) is 0.553. The predicted molar refractivity (Wildman–Crippen MR) is 82.3 cm³/mol. The van der Waals surface area contributed by atoms with Crippen LogP contribution in [0.3, 0.4) is 0 Å². The van der Waals surface area contributed by atoms with Gasteiger partial charge in [-0.3, -0.25) is 4.79 Å². The Bertz CT molecular complexity index is 800. The number of nitrogen functional groups attached to an aromatic ring is 1. The topological polar surface area (TPSA) is 58.9 Å². The van der Waals surface area contributed by atoms with E-state index in [-0.39, 0.29) is 5.78 Å². The molecule has 0 atom stereocenters. The summed E-state index contributed by atoms with van der Waals surface area (Å²) in [5.74, 6) is -0.159. The van der Waals surface area contributed by atoms with Crippen LogP contribution in [0.15, 0.2) is 42.6 Å². The van der Waals surface area contributed by atoms with Gasteiger partial charge in [0.15, 0.2) is 5.78 Å². The zero-order chi connectivity index (χ0) is 14.3. The van der Waals surface area contributed by atoms with E-state index >= 15 is 0 Å². The average molecular weight is 285 g/mol. The first-order chi connectivity index (χ1) is 9.59. The maximum Gasteiger partial charge on any atom is 0.198 e. The molecule has 0 aliphatic heterocycles. The number of nitrogens with one attached hydrogen (secondary N) is 1. The molecule has 0 spiro atoms. The van der Waals surface area contributed by atoms with E-state index in [2.05, 4.69) is 4.98 Å². The molecule has 0 unspecified atom stereocenters. The van der Waals surface area contributed by atoms with E-state index in [0.29, 0.717) is 21.8 Å². The second-order valence-electron chi connectivity index (χ2n) is 4.73. The third kappa shape index (κ3) is 1.87. The molecule has 2 aromatic carbocycles. The summed E-state index contributed by atoms with van der Waals surface area (Å²) in [7, 11) is 0. The number of carbonyl (C=O) groups excluding carboxylic acids is 1. The molecule has 0 radical (unpaired) electrons. The molecular weight excluding hydrogens is 272 g/mol. The van der Waals surface area contributed by atoms with Crippen LogP contribution in [0, 0.1) is 6.92 Å². The highest BCUT2D eigenvalue weighted by Gasteiger charge is 2.20. The number of carbonyl (C=O) groups is 1. The van der Waals surface area contributed by atoms with E-state index in [4.69, 9.17) is 17.3 Å². The fraction of sp³-hybridized carbons (Fsp3) is 0.0625. The Morgan fingerprint density at radius 3 is 2.70 bits per heavy atom. The molecule has 3 N–H and O–H groups in total. The summed E-state index contributed by atoms with van der Waals surface area (Å²) >= 11 is 6.12. The Hall–Kier alpha value is -2.26. The van der Waals surface area contributed by atoms with Crippen molar-refractivity contribution in [1.82, 2.24) is 4.98 Å². The van der Waals surface area contributed by atoms with E-state index in [1.165, 1.54) is 0 Å². The predicted octanol–water partition coefficient (Wildman–Crippen LogP) is 3.94. The summed E-state index contributed by atoms with van der Waals surface area (Å²) in [6, 6.07) is 11.0. The Morgan fingerprint density at radius 2 is 1.95 bits per heavy atom. The third-order valence-electron chi connectivity index (χ3n) is 3.43. The van der Waals surface area contributed by atoms with Gasteiger partial charge in [-0.15, -0.1) is 0 Å². The molecule has 0 saturated carbocycles. The normalized spacial score (nSPS) is 10.9. The first kappa shape index (κ1) is 12.8. The van der Waals surface area contributed by atoms with Gasteiger partial charge in [-0.25, -0.2) is 0 Å². The summed E-state index contributed by atoms with van der Waals surface area (Å²) in [6.07, 6.45) is 1.71. The molecular formula is C16H13ClN2O. The fourth-order valence-corrected chi connectivity index (χ4v) is 2.73. The highest BCUT2D eigenvalue weighted by molar-refractivity contribution is 6.36. The van der Waals surface area contributed by atoms with Gasteiger partial charge in [0.05, 0.1) is 10.6 Å². The van der Waals surface area contributed by atoms with Gasteiger partial charge in [0, 0.05) is 28.4 Å². The third-order valence-corrected chi connectivity index (χ3v) is 3.75. The highest BCUT2D eigenvalue weighted by atomic mass is 35.5. The number of ketones is 1. The number of rotatable bonds is 2. The molecule has 3 rings (SSSR count). The van der Waals surface area contributed by atoms with Gasteiger partial charge in [-0.2, -0.15) is 0 Å². The molecule has 0 aliphatic rings. The molecule has 1 heterocycles. The minimum Gasteiger partial charge on any atom is -0.398 e. The van der Waals surface area contributed by atoms with Crippen LogP contribution in [0.1, 0.15) is 21.5 Å². The Balaban J connectivity index is 2.24. The zero-order valence-corrected chi connectivity index (χ0v) is 11.7. The molecule has 4 heteroatoms. The number of aromatic nitrogens is 1. The van der Waals surface area contributed by atoms with E-state index in [0.717, 1.165) is 16.5 Å². The SMILES string of the molecule is Cc1cccc2[nH]cc(C(=O)c3c(N)cccc3Cl)c12. The van der Waals surface area contributed by atoms with Crippen molar-refractivity contribution in [3.05, 3.63) is 64.3 Å². The lowest BCUT2D eigenvalue weighted by Crippen LogP contribution is -2.06. The Kier molecular flexibility index (Phi) is 2.99. The van der Waals surface area contributed by atoms with Crippen molar-refractivity contribution >= 4 is 34.0 Å². The van der Waals surface area contributed by atoms with Gasteiger partial charge in [-0.1, -0.05) is 29.8 Å². The van der Waals surface area contributed by atoms with Crippen molar-refractivity contribution in [2.45, 2.75) is 6.92 Å². The van der Waals surface area contributed by atoms with Gasteiger partial charge in [0.25, 0.3) is 0 Å². The number of anilines is 1. The number of aromatic amines is 1. The molecule has 0 bridgehead atoms. The number of H-pyrrole nitrogens is 1. The Labute approximate surface area is 121 Å². The van der Waals surface area contributed by atoms with Crippen LogP contribution in [0.25, 0.3) is 10.9 Å². The summed E-state index contributed by atoms with van der Waals surface area (Å²) < 4.78 is 0. The van der Waals surface area contributed by atoms with Gasteiger partial charge in [-0.05, 0) is 30.7 Å². The smallest absolute Gasteiger partial charge is 0.198 e. The highest BCUT2D eigenvalue weighted by Crippen LogP contribution is 2.29. The lowest BCUT2D eigenvalue weighted by Gasteiger charge is -2.07. The number of hydrogen-bond acceptors (Lipinski definition) is 2. The summed E-state index contributed by atoms with van der Waals surface area (Å²) in [5, 5.41) is 1.29. The monoisotopic (exact) mass is 284 g/mol. The summed E-state index contributed by atoms with van der Waals surface area (Å²) in [6.45, 7) is 1.98. The van der Waals surface area contributed by atoms with Crippen LogP contribution in [0.5, 0.6) is 0 Å². The first-order valence-electron chi connectivity index (χ1n) is 6.25. The second kappa shape index (κ2) is 4.69. The first-order valence-corrected chi connectivity index (χ1v) is 6.63. The summed E-state index contributed by atoms with van der Waals surface area (Å²) in [5.41, 5.74) is 9.21. The molecule has 3 nitrogen and oxygen atoms in total. The molecule has 1 aromatic heterocycles. The molecule has 3 aromatic rings. The van der Waals surface area contributed by atoms with Crippen molar-refractivity contribution in [2.24, 2.45) is 0 Å². The molecule has 0 fully saturated rings. The molecule has 20 heavy (non-hydrogen) atoms. The maximum atomic E-state index is 12.7. The maximum absolute atomic E-state index is 12.7. The average Bonchev–Trinajstić information content (AvgIpc) is 2.83. The minimum absolute atomic E-state index is 0.159. The van der Waals surface area contributed by atoms with Crippen LogP contribution in [0.4, 0.5) is 5.69 Å². The van der Waals surface area contributed by atoms with E-state index in [9.17, 15) is 4.79 Å². The second-order valence-corrected chi connectivity index (χ2v) is 5.14. The Morgan fingerprint density at radius 1 is 1.20 bits per heavy atom. The van der Waals surface area contributed by atoms with Gasteiger partial charge < -0.3 is 10.7 Å². The summed E-state index contributed by atoms with van der Waals surface area (Å²) in [4.78, 5) is 15.8. The van der Waals surface area contributed by atoms with E-state index in [1.54, 1.807) is 24.4 Å². The number of nitrogens with two attached hydrogens (primary N) is 1. The van der Waals surface area contributed by atoms with Crippen molar-refractivity contribution in [2.75, 3.05) is 5.73 Å². The van der Waals surface area contributed by atoms with E-state index in [1.807, 2.05) is 25.1 Å². The van der Waals surface area contributed by atoms with Gasteiger partial charge in [0.1, 0.15) is 0 Å². The molecule has 100 valence electrons.